The molecule has 0 radical (unpaired) electrons. The number of likely N-dealkylation sites (N-methyl/N-ethyl adjacent to an activating group) is 2. The van der Waals surface area contributed by atoms with Crippen molar-refractivity contribution in [1.29, 1.82) is 0 Å². The van der Waals surface area contributed by atoms with Gasteiger partial charge in [-0.2, -0.15) is 10.2 Å². The van der Waals surface area contributed by atoms with Gasteiger partial charge in [0.25, 0.3) is 0 Å². The summed E-state index contributed by atoms with van der Waals surface area (Å²) in [7, 11) is 0. The quantitative estimate of drug-likeness (QED) is 0.583. The Labute approximate surface area is 221 Å². The fraction of sp³-hybridized carbons (Fsp3) is 0.250. The molecule has 2 aliphatic heterocycles. The van der Waals surface area contributed by atoms with E-state index >= 15 is 0 Å². The highest BCUT2D eigenvalue weighted by molar-refractivity contribution is 6.25. The van der Waals surface area contributed by atoms with Crippen LogP contribution in [-0.4, -0.2) is 46.1 Å². The summed E-state index contributed by atoms with van der Waals surface area (Å²) in [5.74, 6) is 0.00174. The average molecular weight is 499 g/mol. The van der Waals surface area contributed by atoms with Crippen LogP contribution >= 0.6 is 0 Å². The van der Waals surface area contributed by atoms with Crippen molar-refractivity contribution in [2.75, 3.05) is 13.1 Å². The number of fused-ring (bicyclic) bond motifs is 4. The molecule has 4 aliphatic carbocycles. The molecule has 0 fully saturated rings. The third kappa shape index (κ3) is 2.57. The first-order chi connectivity index (χ1) is 18.6. The zero-order chi connectivity index (χ0) is 25.7. The van der Waals surface area contributed by atoms with Crippen LogP contribution in [0, 0.1) is 11.8 Å². The van der Waals surface area contributed by atoms with E-state index in [1.165, 1.54) is 0 Å². The Balaban J connectivity index is 1.25. The highest BCUT2D eigenvalue weighted by Crippen LogP contribution is 2.51. The van der Waals surface area contributed by atoms with E-state index in [-0.39, 0.29) is 35.5 Å². The van der Waals surface area contributed by atoms with Gasteiger partial charge < -0.3 is 0 Å². The summed E-state index contributed by atoms with van der Waals surface area (Å²) in [6.45, 7) is 5.70. The molecule has 0 bridgehead atoms. The van der Waals surface area contributed by atoms with Crippen LogP contribution < -0.4 is 0 Å². The van der Waals surface area contributed by atoms with Gasteiger partial charge in [-0.05, 0) is 25.0 Å². The minimum atomic E-state index is -0.0698. The zero-order valence-electron chi connectivity index (χ0n) is 21.3. The topological polar surface area (TPSA) is 65.3 Å². The second kappa shape index (κ2) is 7.60. The van der Waals surface area contributed by atoms with Crippen LogP contribution in [-0.2, 0) is 0 Å². The van der Waals surface area contributed by atoms with E-state index in [2.05, 4.69) is 48.2 Å². The van der Waals surface area contributed by atoms with Gasteiger partial charge in [0.1, 0.15) is 12.1 Å². The first-order valence-electron chi connectivity index (χ1n) is 13.4. The zero-order valence-corrected chi connectivity index (χ0v) is 21.3. The molecule has 4 unspecified atom stereocenters. The summed E-state index contributed by atoms with van der Waals surface area (Å²) in [5.41, 5.74) is 9.06. The van der Waals surface area contributed by atoms with Gasteiger partial charge >= 0.3 is 0 Å². The monoisotopic (exact) mass is 498 g/mol. The van der Waals surface area contributed by atoms with Gasteiger partial charge in [-0.25, -0.2) is 0 Å². The van der Waals surface area contributed by atoms with E-state index in [9.17, 15) is 9.59 Å². The third-order valence-electron chi connectivity index (χ3n) is 8.84. The molecule has 8 rings (SSSR count). The van der Waals surface area contributed by atoms with Crippen LogP contribution in [0.2, 0.25) is 0 Å². The maximum Gasteiger partial charge on any atom is 0.193 e. The first kappa shape index (κ1) is 21.7. The summed E-state index contributed by atoms with van der Waals surface area (Å²) < 4.78 is 0. The molecule has 6 aliphatic rings. The van der Waals surface area contributed by atoms with Gasteiger partial charge in [0, 0.05) is 58.3 Å². The van der Waals surface area contributed by atoms with Crippen molar-refractivity contribution < 1.29 is 9.59 Å². The number of carbonyl (C=O) groups excluding carboxylic acids is 2. The van der Waals surface area contributed by atoms with Gasteiger partial charge in [-0.15, -0.1) is 0 Å². The maximum atomic E-state index is 13.5. The average Bonchev–Trinajstić information content (AvgIpc) is 3.55. The molecule has 186 valence electrons. The lowest BCUT2D eigenvalue weighted by Gasteiger charge is -2.35. The molecule has 38 heavy (non-hydrogen) atoms. The fourth-order valence-corrected chi connectivity index (χ4v) is 7.19. The minimum absolute atomic E-state index is 0.0535. The molecule has 6 heteroatoms. The van der Waals surface area contributed by atoms with Crippen LogP contribution in [0.25, 0.3) is 0 Å². The van der Waals surface area contributed by atoms with Crippen molar-refractivity contribution in [3.63, 3.8) is 0 Å². The van der Waals surface area contributed by atoms with E-state index in [4.69, 9.17) is 10.2 Å². The molecular weight excluding hydrogens is 472 g/mol. The van der Waals surface area contributed by atoms with E-state index in [1.807, 2.05) is 48.6 Å². The summed E-state index contributed by atoms with van der Waals surface area (Å²) >= 11 is 0. The second-order valence-electron chi connectivity index (χ2n) is 10.5. The second-order valence-corrected chi connectivity index (χ2v) is 10.5. The predicted octanol–water partition coefficient (Wildman–Crippen LogP) is 5.21. The van der Waals surface area contributed by atoms with Gasteiger partial charge in [0.15, 0.2) is 11.6 Å². The van der Waals surface area contributed by atoms with Gasteiger partial charge in [-0.1, -0.05) is 72.8 Å². The number of hydrazone groups is 2. The van der Waals surface area contributed by atoms with Crippen molar-refractivity contribution in [2.24, 2.45) is 22.0 Å². The molecule has 4 atom stereocenters. The Morgan fingerprint density at radius 3 is 1.50 bits per heavy atom. The number of ketones is 2. The third-order valence-corrected chi connectivity index (χ3v) is 8.84. The Hall–Kier alpha value is -4.32. The highest BCUT2D eigenvalue weighted by atomic mass is 16.1. The number of Topliss-reactive ketones (excluding diaryl/α,β-unsaturated/α-hetero) is 2. The Morgan fingerprint density at radius 2 is 1.08 bits per heavy atom. The number of rotatable bonds is 3. The maximum absolute atomic E-state index is 13.5. The SMILES string of the molecule is CCN1N=C2C3=C(C=CC2C2C=CC4=C5C2=NN(CC)C5c2ccccc2C4=O)C(=O)c2ccccc2C31. The number of benzene rings is 2. The minimum Gasteiger partial charge on any atom is -0.289 e. The van der Waals surface area contributed by atoms with E-state index in [0.29, 0.717) is 0 Å². The van der Waals surface area contributed by atoms with Crippen molar-refractivity contribution in [3.05, 3.63) is 117 Å². The number of hydrogen-bond donors (Lipinski definition) is 0. The largest absolute Gasteiger partial charge is 0.289 e. The summed E-state index contributed by atoms with van der Waals surface area (Å²) in [6, 6.07) is 15.7. The number of carbonyl (C=O) groups is 2. The molecule has 0 saturated carbocycles. The molecule has 0 amide bonds. The molecule has 2 aromatic rings. The highest BCUT2D eigenvalue weighted by Gasteiger charge is 2.50. The summed E-state index contributed by atoms with van der Waals surface area (Å²) in [4.78, 5) is 27.1. The Morgan fingerprint density at radius 1 is 0.658 bits per heavy atom. The molecule has 2 aromatic carbocycles. The normalized spacial score (nSPS) is 27.8. The molecule has 2 heterocycles. The van der Waals surface area contributed by atoms with E-state index in [0.717, 1.165) is 69.1 Å². The molecule has 0 aromatic heterocycles. The van der Waals surface area contributed by atoms with Gasteiger partial charge in [0.2, 0.25) is 0 Å². The van der Waals surface area contributed by atoms with Gasteiger partial charge in [-0.3, -0.25) is 19.6 Å². The van der Waals surface area contributed by atoms with Crippen molar-refractivity contribution >= 4 is 23.0 Å². The van der Waals surface area contributed by atoms with Crippen molar-refractivity contribution in [3.8, 4) is 0 Å². The number of nitrogens with zero attached hydrogens (tertiary/aromatic N) is 4. The lowest BCUT2D eigenvalue weighted by atomic mass is 9.67. The lowest BCUT2D eigenvalue weighted by molar-refractivity contribution is 0.102. The van der Waals surface area contributed by atoms with Crippen LogP contribution in [0.3, 0.4) is 0 Å². The Bertz CT molecular complexity index is 1550. The smallest absolute Gasteiger partial charge is 0.193 e. The predicted molar refractivity (Wildman–Crippen MR) is 146 cm³/mol. The van der Waals surface area contributed by atoms with Gasteiger partial charge in [0.05, 0.1) is 11.4 Å². The standard InChI is InChI=1S/C32H26N4O2/c1-3-35-29-19-9-5-7-11-21(19)31(37)23-15-13-17(27(33-35)25(23)29)18-14-16-24-26-28(18)34-36(4-2)30(26)20-10-6-8-12-22(20)32(24)38/h5-18,29-30H,3-4H2,1-2H3. The molecule has 6 nitrogen and oxygen atoms in total. The van der Waals surface area contributed by atoms with Crippen molar-refractivity contribution in [1.82, 2.24) is 10.0 Å². The van der Waals surface area contributed by atoms with Crippen LogP contribution in [0.4, 0.5) is 0 Å². The van der Waals surface area contributed by atoms with Crippen LogP contribution in [0.15, 0.2) is 105 Å². The van der Waals surface area contributed by atoms with Crippen molar-refractivity contribution in [2.45, 2.75) is 25.9 Å². The van der Waals surface area contributed by atoms with Crippen LogP contribution in [0.1, 0.15) is 57.8 Å². The molecule has 0 saturated heterocycles. The van der Waals surface area contributed by atoms with E-state index in [1.54, 1.807) is 0 Å². The first-order valence-corrected chi connectivity index (χ1v) is 13.4. The molecule has 0 N–H and O–H groups in total. The molecule has 0 spiro atoms. The Kier molecular flexibility index (Phi) is 4.35. The summed E-state index contributed by atoms with van der Waals surface area (Å²) in [5, 5.41) is 14.5. The van der Waals surface area contributed by atoms with E-state index < -0.39 is 0 Å². The number of allylic oxidation sites excluding steroid dienone is 6. The summed E-state index contributed by atoms with van der Waals surface area (Å²) in [6.07, 6.45) is 8.27. The molecular formula is C32H26N4O2. The fourth-order valence-electron chi connectivity index (χ4n) is 7.19. The lowest BCUT2D eigenvalue weighted by Crippen LogP contribution is -2.36. The van der Waals surface area contributed by atoms with Crippen LogP contribution in [0.5, 0.6) is 0 Å². The number of hydrogen-bond acceptors (Lipinski definition) is 6.